The van der Waals surface area contributed by atoms with E-state index in [1.807, 2.05) is 12.4 Å². The minimum atomic E-state index is 0.216. The minimum absolute atomic E-state index is 0.216. The molecule has 0 saturated heterocycles. The van der Waals surface area contributed by atoms with Crippen molar-refractivity contribution in [3.63, 3.8) is 0 Å². The van der Waals surface area contributed by atoms with E-state index in [9.17, 15) is 0 Å². The van der Waals surface area contributed by atoms with Crippen molar-refractivity contribution in [1.29, 1.82) is 0 Å². The van der Waals surface area contributed by atoms with Gasteiger partial charge in [-0.05, 0) is 54.4 Å². The number of rotatable bonds is 7. The van der Waals surface area contributed by atoms with Crippen LogP contribution < -0.4 is 0 Å². The Balaban J connectivity index is 2.43. The maximum atomic E-state index is 4.07. The minimum Gasteiger partial charge on any atom is -0.265 e. The second-order valence-corrected chi connectivity index (χ2v) is 8.17. The van der Waals surface area contributed by atoms with E-state index in [0.717, 1.165) is 11.8 Å². The van der Waals surface area contributed by atoms with Gasteiger partial charge in [0.15, 0.2) is 0 Å². The van der Waals surface area contributed by atoms with E-state index in [0.29, 0.717) is 0 Å². The topological polar surface area (TPSA) is 12.9 Å². The van der Waals surface area contributed by atoms with Gasteiger partial charge in [-0.25, -0.2) is 0 Å². The summed E-state index contributed by atoms with van der Waals surface area (Å²) in [6.45, 7) is 9.40. The summed E-state index contributed by atoms with van der Waals surface area (Å²) in [4.78, 5) is 4.07. The van der Waals surface area contributed by atoms with E-state index in [1.165, 1.54) is 30.5 Å². The summed E-state index contributed by atoms with van der Waals surface area (Å²) >= 11 is 0. The lowest BCUT2D eigenvalue weighted by Gasteiger charge is -2.21. The van der Waals surface area contributed by atoms with Crippen molar-refractivity contribution in [1.82, 2.24) is 4.98 Å². The lowest BCUT2D eigenvalue weighted by Crippen LogP contribution is -2.06. The van der Waals surface area contributed by atoms with Crippen LogP contribution in [0.5, 0.6) is 0 Å². The van der Waals surface area contributed by atoms with Gasteiger partial charge in [-0.3, -0.25) is 4.98 Å². The molecule has 0 bridgehead atoms. The van der Waals surface area contributed by atoms with Crippen LogP contribution in [0, 0.1) is 11.8 Å². The zero-order valence-electron chi connectivity index (χ0n) is 11.7. The summed E-state index contributed by atoms with van der Waals surface area (Å²) in [5.74, 6) is 1.69. The number of hydrogen-bond acceptors (Lipinski definition) is 1. The molecule has 0 aliphatic heterocycles. The fourth-order valence-electron chi connectivity index (χ4n) is 2.13. The third kappa shape index (κ3) is 6.78. The normalized spacial score (nSPS) is 11.7. The molecule has 0 spiro atoms. The Kier molecular flexibility index (Phi) is 6.73. The highest BCUT2D eigenvalue weighted by molar-refractivity contribution is 7.57. The predicted molar refractivity (Wildman–Crippen MR) is 79.1 cm³/mol. The summed E-state index contributed by atoms with van der Waals surface area (Å²) in [7, 11) is 0.216. The van der Waals surface area contributed by atoms with Crippen LogP contribution in [0.15, 0.2) is 24.5 Å². The second kappa shape index (κ2) is 7.82. The summed E-state index contributed by atoms with van der Waals surface area (Å²) in [6.07, 6.45) is 9.28. The molecule has 1 nitrogen and oxygen atoms in total. The lowest BCUT2D eigenvalue weighted by molar-refractivity contribution is 0.716. The van der Waals surface area contributed by atoms with Crippen LogP contribution in [0.4, 0.5) is 0 Å². The Morgan fingerprint density at radius 2 is 1.53 bits per heavy atom. The quantitative estimate of drug-likeness (QED) is 0.654. The first-order valence-electron chi connectivity index (χ1n) is 6.69. The fourth-order valence-corrected chi connectivity index (χ4v) is 5.28. The Morgan fingerprint density at radius 3 is 2.00 bits per heavy atom. The van der Waals surface area contributed by atoms with Crippen LogP contribution in [0.25, 0.3) is 0 Å². The molecular weight excluding hydrogens is 225 g/mol. The van der Waals surface area contributed by atoms with Crippen molar-refractivity contribution in [3.05, 3.63) is 30.1 Å². The van der Waals surface area contributed by atoms with E-state index >= 15 is 0 Å². The Labute approximate surface area is 108 Å². The number of nitrogens with zero attached hydrogens (tertiary/aromatic N) is 1. The van der Waals surface area contributed by atoms with Crippen molar-refractivity contribution in [2.45, 2.75) is 34.1 Å². The maximum absolute atomic E-state index is 4.07. The predicted octanol–water partition coefficient (Wildman–Crippen LogP) is 4.42. The van der Waals surface area contributed by atoms with Gasteiger partial charge in [0.2, 0.25) is 0 Å². The van der Waals surface area contributed by atoms with Gasteiger partial charge < -0.3 is 0 Å². The molecular formula is C15H26NP. The van der Waals surface area contributed by atoms with E-state index in [-0.39, 0.29) is 7.92 Å². The van der Waals surface area contributed by atoms with Crippen LogP contribution in [0.1, 0.15) is 33.3 Å². The van der Waals surface area contributed by atoms with Crippen molar-refractivity contribution in [2.24, 2.45) is 11.8 Å². The molecule has 0 N–H and O–H groups in total. The molecule has 0 aliphatic carbocycles. The molecule has 0 saturated carbocycles. The molecule has 0 aliphatic rings. The molecule has 0 atom stereocenters. The highest BCUT2D eigenvalue weighted by atomic mass is 31.1. The van der Waals surface area contributed by atoms with Gasteiger partial charge in [-0.15, -0.1) is 7.92 Å². The first-order chi connectivity index (χ1) is 8.08. The Morgan fingerprint density at radius 1 is 1.00 bits per heavy atom. The molecule has 17 heavy (non-hydrogen) atoms. The van der Waals surface area contributed by atoms with Crippen LogP contribution in [0.2, 0.25) is 0 Å². The number of aromatic nitrogens is 1. The van der Waals surface area contributed by atoms with Crippen molar-refractivity contribution < 1.29 is 0 Å². The van der Waals surface area contributed by atoms with E-state index in [4.69, 9.17) is 0 Å². The number of aryl methyl sites for hydroxylation is 1. The third-order valence-electron chi connectivity index (χ3n) is 2.71. The molecule has 1 heterocycles. The van der Waals surface area contributed by atoms with Crippen molar-refractivity contribution >= 4 is 7.92 Å². The number of hydrogen-bond donors (Lipinski definition) is 0. The van der Waals surface area contributed by atoms with Gasteiger partial charge in [0.25, 0.3) is 0 Å². The average molecular weight is 251 g/mol. The highest BCUT2D eigenvalue weighted by Gasteiger charge is 2.12. The summed E-state index contributed by atoms with van der Waals surface area (Å²) in [5.41, 5.74) is 1.44. The van der Waals surface area contributed by atoms with Gasteiger partial charge in [0.1, 0.15) is 0 Å². The lowest BCUT2D eigenvalue weighted by atomic mass is 10.2. The number of pyridine rings is 1. The van der Waals surface area contributed by atoms with Gasteiger partial charge in [-0.1, -0.05) is 27.7 Å². The molecule has 0 fully saturated rings. The van der Waals surface area contributed by atoms with Crippen LogP contribution in [0.3, 0.4) is 0 Å². The summed E-state index contributed by atoms with van der Waals surface area (Å²) in [5, 5.41) is 0. The average Bonchev–Trinajstić information content (AvgIpc) is 2.26. The third-order valence-corrected chi connectivity index (χ3v) is 6.06. The molecule has 0 radical (unpaired) electrons. The van der Waals surface area contributed by atoms with Gasteiger partial charge in [-0.2, -0.15) is 0 Å². The maximum Gasteiger partial charge on any atom is 0.0270 e. The first kappa shape index (κ1) is 14.6. The zero-order chi connectivity index (χ0) is 12.7. The highest BCUT2D eigenvalue weighted by Crippen LogP contribution is 2.40. The molecule has 1 aromatic rings. The van der Waals surface area contributed by atoms with Gasteiger partial charge >= 0.3 is 0 Å². The molecule has 0 unspecified atom stereocenters. The molecule has 96 valence electrons. The van der Waals surface area contributed by atoms with Gasteiger partial charge in [0, 0.05) is 12.4 Å². The van der Waals surface area contributed by atoms with Crippen LogP contribution in [-0.2, 0) is 6.42 Å². The summed E-state index contributed by atoms with van der Waals surface area (Å²) < 4.78 is 0. The second-order valence-electron chi connectivity index (χ2n) is 5.65. The Bertz CT molecular complexity index is 285. The van der Waals surface area contributed by atoms with Crippen molar-refractivity contribution in [2.75, 3.05) is 18.5 Å². The SMILES string of the molecule is CC(C)CP(CCc1ccncc1)CC(C)C. The van der Waals surface area contributed by atoms with Crippen LogP contribution in [-0.4, -0.2) is 23.5 Å². The first-order valence-corrected chi connectivity index (χ1v) is 8.59. The summed E-state index contributed by atoms with van der Waals surface area (Å²) in [6, 6.07) is 4.30. The standard InChI is InChI=1S/C15H26NP/c1-13(2)11-17(12-14(3)4)10-7-15-5-8-16-9-6-15/h5-6,8-9,13-14H,7,10-12H2,1-4H3. The van der Waals surface area contributed by atoms with Crippen LogP contribution >= 0.6 is 7.92 Å². The fraction of sp³-hybridized carbons (Fsp3) is 0.667. The Hall–Kier alpha value is -0.420. The van der Waals surface area contributed by atoms with Gasteiger partial charge in [0.05, 0.1) is 0 Å². The largest absolute Gasteiger partial charge is 0.265 e. The van der Waals surface area contributed by atoms with E-state index in [2.05, 4.69) is 44.8 Å². The molecule has 2 heteroatoms. The molecule has 1 rings (SSSR count). The van der Waals surface area contributed by atoms with Crippen molar-refractivity contribution in [3.8, 4) is 0 Å². The van der Waals surface area contributed by atoms with E-state index in [1.54, 1.807) is 0 Å². The zero-order valence-corrected chi connectivity index (χ0v) is 12.6. The molecule has 0 amide bonds. The molecule has 0 aromatic carbocycles. The van der Waals surface area contributed by atoms with E-state index < -0.39 is 0 Å². The molecule has 1 aromatic heterocycles. The monoisotopic (exact) mass is 251 g/mol. The smallest absolute Gasteiger partial charge is 0.0270 e.